The van der Waals surface area contributed by atoms with Crippen molar-refractivity contribution in [3.05, 3.63) is 59.7 Å². The van der Waals surface area contributed by atoms with E-state index in [1.165, 1.54) is 19.3 Å². The van der Waals surface area contributed by atoms with Gasteiger partial charge >= 0.3 is 0 Å². The molecule has 0 saturated carbocycles. The number of aryl methyl sites for hydroxylation is 1. The molecule has 1 amide bonds. The predicted octanol–water partition coefficient (Wildman–Crippen LogP) is 5.21. The predicted molar refractivity (Wildman–Crippen MR) is 95.2 cm³/mol. The van der Waals surface area contributed by atoms with Gasteiger partial charge in [-0.05, 0) is 37.6 Å². The summed E-state index contributed by atoms with van der Waals surface area (Å²) in [4.78, 5) is 12.3. The summed E-state index contributed by atoms with van der Waals surface area (Å²) in [5, 5.41) is 2.92. The van der Waals surface area contributed by atoms with Gasteiger partial charge in [0.05, 0.1) is 6.61 Å². The molecule has 0 aliphatic carbocycles. The third-order valence-corrected chi connectivity index (χ3v) is 3.64. The van der Waals surface area contributed by atoms with Gasteiger partial charge in [0.25, 0.3) is 5.91 Å². The van der Waals surface area contributed by atoms with Gasteiger partial charge in [-0.15, -0.1) is 0 Å². The van der Waals surface area contributed by atoms with Crippen molar-refractivity contribution in [3.8, 4) is 5.75 Å². The minimum absolute atomic E-state index is 0.103. The van der Waals surface area contributed by atoms with Crippen molar-refractivity contribution in [2.45, 2.75) is 39.5 Å². The van der Waals surface area contributed by atoms with Gasteiger partial charge in [0.1, 0.15) is 5.75 Å². The summed E-state index contributed by atoms with van der Waals surface area (Å²) >= 11 is 0. The average Bonchev–Trinajstić information content (AvgIpc) is 2.55. The van der Waals surface area contributed by atoms with Crippen LogP contribution in [0.2, 0.25) is 0 Å². The fourth-order valence-electron chi connectivity index (χ4n) is 2.37. The number of nitrogens with one attached hydrogen (secondary N) is 1. The fourth-order valence-corrected chi connectivity index (χ4v) is 2.37. The van der Waals surface area contributed by atoms with Crippen LogP contribution in [-0.2, 0) is 0 Å². The van der Waals surface area contributed by atoms with E-state index in [-0.39, 0.29) is 5.91 Å². The largest absolute Gasteiger partial charge is 0.494 e. The molecule has 0 aliphatic rings. The topological polar surface area (TPSA) is 38.3 Å². The zero-order valence-electron chi connectivity index (χ0n) is 14.0. The SMILES string of the molecule is CCCCCCOc1cccc(NC(=O)c2cccc(C)c2)c1. The normalized spacial score (nSPS) is 10.3. The molecule has 0 radical (unpaired) electrons. The van der Waals surface area contributed by atoms with Crippen molar-refractivity contribution in [1.29, 1.82) is 0 Å². The van der Waals surface area contributed by atoms with Crippen LogP contribution in [0.5, 0.6) is 5.75 Å². The summed E-state index contributed by atoms with van der Waals surface area (Å²) in [7, 11) is 0. The molecular formula is C20H25NO2. The lowest BCUT2D eigenvalue weighted by Gasteiger charge is -2.09. The second-order valence-corrected chi connectivity index (χ2v) is 5.76. The number of amides is 1. The van der Waals surface area contributed by atoms with Crippen LogP contribution in [0.3, 0.4) is 0 Å². The Hall–Kier alpha value is -2.29. The number of unbranched alkanes of at least 4 members (excludes halogenated alkanes) is 3. The van der Waals surface area contributed by atoms with Crippen LogP contribution in [0, 0.1) is 6.92 Å². The van der Waals surface area contributed by atoms with Gasteiger partial charge in [-0.25, -0.2) is 0 Å². The summed E-state index contributed by atoms with van der Waals surface area (Å²) in [6, 6.07) is 15.1. The molecule has 3 heteroatoms. The van der Waals surface area contributed by atoms with Crippen molar-refractivity contribution >= 4 is 11.6 Å². The average molecular weight is 311 g/mol. The van der Waals surface area contributed by atoms with E-state index in [9.17, 15) is 4.79 Å². The van der Waals surface area contributed by atoms with E-state index in [1.807, 2.05) is 55.5 Å². The number of rotatable bonds is 8. The number of carbonyl (C=O) groups excluding carboxylic acids is 1. The number of anilines is 1. The first-order chi connectivity index (χ1) is 11.2. The quantitative estimate of drug-likeness (QED) is 0.680. The van der Waals surface area contributed by atoms with E-state index < -0.39 is 0 Å². The second-order valence-electron chi connectivity index (χ2n) is 5.76. The summed E-state index contributed by atoms with van der Waals surface area (Å²) in [5.41, 5.74) is 2.49. The number of hydrogen-bond donors (Lipinski definition) is 1. The van der Waals surface area contributed by atoms with Crippen LogP contribution in [-0.4, -0.2) is 12.5 Å². The van der Waals surface area contributed by atoms with Crippen LogP contribution in [0.25, 0.3) is 0 Å². The maximum absolute atomic E-state index is 12.3. The van der Waals surface area contributed by atoms with Gasteiger partial charge in [0, 0.05) is 17.3 Å². The fraction of sp³-hybridized carbons (Fsp3) is 0.350. The highest BCUT2D eigenvalue weighted by molar-refractivity contribution is 6.04. The number of ether oxygens (including phenoxy) is 1. The van der Waals surface area contributed by atoms with Gasteiger partial charge < -0.3 is 10.1 Å². The molecule has 0 bridgehead atoms. The van der Waals surface area contributed by atoms with Crippen LogP contribution in [0.15, 0.2) is 48.5 Å². The standard InChI is InChI=1S/C20H25NO2/c1-3-4-5-6-13-23-19-12-8-11-18(15-19)21-20(22)17-10-7-9-16(2)14-17/h7-12,14-15H,3-6,13H2,1-2H3,(H,21,22). The van der Waals surface area contributed by atoms with Gasteiger partial charge in [0.15, 0.2) is 0 Å². The lowest BCUT2D eigenvalue weighted by atomic mass is 10.1. The molecule has 23 heavy (non-hydrogen) atoms. The van der Waals surface area contributed by atoms with Gasteiger partial charge in [-0.1, -0.05) is 49.9 Å². The van der Waals surface area contributed by atoms with Crippen molar-refractivity contribution in [3.63, 3.8) is 0 Å². The molecule has 0 atom stereocenters. The highest BCUT2D eigenvalue weighted by atomic mass is 16.5. The number of hydrogen-bond acceptors (Lipinski definition) is 2. The Morgan fingerprint density at radius 1 is 1.04 bits per heavy atom. The first kappa shape index (κ1) is 17.1. The molecule has 0 heterocycles. The van der Waals surface area contributed by atoms with Gasteiger partial charge in [-0.2, -0.15) is 0 Å². The lowest BCUT2D eigenvalue weighted by molar-refractivity contribution is 0.102. The lowest BCUT2D eigenvalue weighted by Crippen LogP contribution is -2.12. The minimum atomic E-state index is -0.103. The van der Waals surface area contributed by atoms with Crippen molar-refractivity contribution in [2.75, 3.05) is 11.9 Å². The summed E-state index contributed by atoms with van der Waals surface area (Å²) in [6.07, 6.45) is 4.73. The Kier molecular flexibility index (Phi) is 6.67. The van der Waals surface area contributed by atoms with E-state index in [0.717, 1.165) is 30.0 Å². The highest BCUT2D eigenvalue weighted by Crippen LogP contribution is 2.19. The molecule has 0 aromatic heterocycles. The van der Waals surface area contributed by atoms with Crippen LogP contribution in [0.1, 0.15) is 48.5 Å². The molecule has 0 spiro atoms. The molecule has 0 unspecified atom stereocenters. The van der Waals surface area contributed by atoms with E-state index in [2.05, 4.69) is 12.2 Å². The number of benzene rings is 2. The van der Waals surface area contributed by atoms with Crippen LogP contribution >= 0.6 is 0 Å². The first-order valence-electron chi connectivity index (χ1n) is 8.30. The second kappa shape index (κ2) is 8.99. The molecule has 0 saturated heterocycles. The van der Waals surface area contributed by atoms with E-state index in [4.69, 9.17) is 4.74 Å². The summed E-state index contributed by atoms with van der Waals surface area (Å²) < 4.78 is 5.75. The Bertz CT molecular complexity index is 637. The molecule has 0 aliphatic heterocycles. The Morgan fingerprint density at radius 3 is 2.65 bits per heavy atom. The maximum atomic E-state index is 12.3. The maximum Gasteiger partial charge on any atom is 0.255 e. The van der Waals surface area contributed by atoms with Gasteiger partial charge in [0.2, 0.25) is 0 Å². The van der Waals surface area contributed by atoms with E-state index in [1.54, 1.807) is 0 Å². The Morgan fingerprint density at radius 2 is 1.87 bits per heavy atom. The molecule has 0 fully saturated rings. The van der Waals surface area contributed by atoms with E-state index >= 15 is 0 Å². The number of carbonyl (C=O) groups is 1. The molecule has 3 nitrogen and oxygen atoms in total. The molecule has 122 valence electrons. The zero-order valence-corrected chi connectivity index (χ0v) is 14.0. The third-order valence-electron chi connectivity index (χ3n) is 3.64. The Balaban J connectivity index is 1.90. The third kappa shape index (κ3) is 5.78. The monoisotopic (exact) mass is 311 g/mol. The van der Waals surface area contributed by atoms with Gasteiger partial charge in [-0.3, -0.25) is 4.79 Å². The molecule has 1 N–H and O–H groups in total. The zero-order chi connectivity index (χ0) is 16.5. The first-order valence-corrected chi connectivity index (χ1v) is 8.30. The molecular weight excluding hydrogens is 286 g/mol. The van der Waals surface area contributed by atoms with Crippen molar-refractivity contribution < 1.29 is 9.53 Å². The van der Waals surface area contributed by atoms with Crippen molar-refractivity contribution in [2.24, 2.45) is 0 Å². The Labute approximate surface area is 138 Å². The van der Waals surface area contributed by atoms with Crippen LogP contribution in [0.4, 0.5) is 5.69 Å². The summed E-state index contributed by atoms with van der Waals surface area (Å²) in [6.45, 7) is 4.89. The smallest absolute Gasteiger partial charge is 0.255 e. The minimum Gasteiger partial charge on any atom is -0.494 e. The molecule has 2 aromatic rings. The van der Waals surface area contributed by atoms with Crippen LogP contribution < -0.4 is 10.1 Å². The highest BCUT2D eigenvalue weighted by Gasteiger charge is 2.06. The van der Waals surface area contributed by atoms with Crippen molar-refractivity contribution in [1.82, 2.24) is 0 Å². The molecule has 2 aromatic carbocycles. The van der Waals surface area contributed by atoms with E-state index in [0.29, 0.717) is 5.56 Å². The molecule has 2 rings (SSSR count). The summed E-state index contributed by atoms with van der Waals surface area (Å²) in [5.74, 6) is 0.692.